The fourth-order valence-electron chi connectivity index (χ4n) is 4.75. The van der Waals surface area contributed by atoms with Crippen molar-refractivity contribution in [2.75, 3.05) is 6.26 Å². The number of carbonyl (C=O) groups is 2. The molecule has 0 saturated heterocycles. The highest BCUT2D eigenvalue weighted by Gasteiger charge is 2.57. The van der Waals surface area contributed by atoms with Gasteiger partial charge >= 0.3 is 6.18 Å². The highest BCUT2D eigenvalue weighted by molar-refractivity contribution is 7.90. The molecule has 2 amide bonds. The topological polar surface area (TPSA) is 97.5 Å². The van der Waals surface area contributed by atoms with Crippen molar-refractivity contribution in [1.82, 2.24) is 4.90 Å². The maximum atomic E-state index is 15.1. The second-order valence-electron chi connectivity index (χ2n) is 8.90. The van der Waals surface area contributed by atoms with Crippen LogP contribution >= 0.6 is 0 Å². The van der Waals surface area contributed by atoms with Crippen LogP contribution in [0.2, 0.25) is 0 Å². The average molecular weight is 511 g/mol. The van der Waals surface area contributed by atoms with E-state index in [1.807, 2.05) is 0 Å². The predicted molar refractivity (Wildman–Crippen MR) is 118 cm³/mol. The number of halogens is 4. The summed E-state index contributed by atoms with van der Waals surface area (Å²) in [6, 6.07) is 7.36. The molecule has 2 N–H and O–H groups in total. The standard InChI is InChI=1S/C24H22F4N2O4S/c1-35(33,34)17-5-2-4-15(12-17)21(31)30-11-3-10-23(30,22(29)32)20(14-6-7-14)18-9-8-16(13-19(18)25)24(26,27)28/h2-5,8-9,11-14,20H,6-7,10H2,1H3,(H2,29,32)/t20-,23?/m1/s1. The van der Waals surface area contributed by atoms with E-state index in [0.29, 0.717) is 18.9 Å². The lowest BCUT2D eigenvalue weighted by Crippen LogP contribution is -2.59. The lowest BCUT2D eigenvalue weighted by molar-refractivity contribution is -0.137. The van der Waals surface area contributed by atoms with Crippen molar-refractivity contribution in [1.29, 1.82) is 0 Å². The molecule has 0 aromatic heterocycles. The molecule has 0 bridgehead atoms. The van der Waals surface area contributed by atoms with E-state index in [1.54, 1.807) is 0 Å². The van der Waals surface area contributed by atoms with Gasteiger partial charge in [0.25, 0.3) is 5.91 Å². The summed E-state index contributed by atoms with van der Waals surface area (Å²) in [5.74, 6) is -4.10. The molecule has 4 rings (SSSR count). The molecule has 186 valence electrons. The summed E-state index contributed by atoms with van der Waals surface area (Å²) in [5, 5.41) is 0. The zero-order chi connectivity index (χ0) is 25.8. The zero-order valence-corrected chi connectivity index (χ0v) is 19.4. The number of nitrogens with zero attached hydrogens (tertiary/aromatic N) is 1. The first-order valence-corrected chi connectivity index (χ1v) is 12.6. The molecule has 11 heteroatoms. The van der Waals surface area contributed by atoms with Crippen molar-refractivity contribution in [2.24, 2.45) is 11.7 Å². The number of benzene rings is 2. The molecule has 1 unspecified atom stereocenters. The Morgan fingerprint density at radius 1 is 1.14 bits per heavy atom. The minimum Gasteiger partial charge on any atom is -0.368 e. The number of rotatable bonds is 6. The second kappa shape index (κ2) is 8.47. The van der Waals surface area contributed by atoms with Crippen molar-refractivity contribution in [3.8, 4) is 0 Å². The van der Waals surface area contributed by atoms with Gasteiger partial charge in [-0.2, -0.15) is 13.2 Å². The van der Waals surface area contributed by atoms with Gasteiger partial charge in [0.05, 0.1) is 10.5 Å². The number of carbonyl (C=O) groups excluding carboxylic acids is 2. The molecular formula is C24H22F4N2O4S. The fraction of sp³-hybridized carbons (Fsp3) is 0.333. The van der Waals surface area contributed by atoms with E-state index in [0.717, 1.165) is 23.3 Å². The summed E-state index contributed by atoms with van der Waals surface area (Å²) < 4.78 is 78.3. The Morgan fingerprint density at radius 3 is 2.37 bits per heavy atom. The third kappa shape index (κ3) is 4.44. The van der Waals surface area contributed by atoms with Crippen LogP contribution in [-0.2, 0) is 20.8 Å². The maximum Gasteiger partial charge on any atom is 0.416 e. The van der Waals surface area contributed by atoms with Gasteiger partial charge in [0.1, 0.15) is 11.4 Å². The van der Waals surface area contributed by atoms with Crippen LogP contribution in [0.3, 0.4) is 0 Å². The van der Waals surface area contributed by atoms with Gasteiger partial charge in [-0.05, 0) is 54.7 Å². The molecule has 2 aliphatic rings. The monoisotopic (exact) mass is 510 g/mol. The molecule has 2 atom stereocenters. The molecule has 1 saturated carbocycles. The third-order valence-electron chi connectivity index (χ3n) is 6.54. The number of sulfone groups is 1. The summed E-state index contributed by atoms with van der Waals surface area (Å²) in [7, 11) is -3.63. The molecule has 0 spiro atoms. The Kier molecular flexibility index (Phi) is 6.03. The van der Waals surface area contributed by atoms with Crippen molar-refractivity contribution >= 4 is 21.7 Å². The number of hydrogen-bond acceptors (Lipinski definition) is 4. The highest BCUT2D eigenvalue weighted by atomic mass is 32.2. The van der Waals surface area contributed by atoms with E-state index < -0.39 is 50.7 Å². The number of nitrogens with two attached hydrogens (primary N) is 1. The van der Waals surface area contributed by atoms with Crippen molar-refractivity contribution < 1.29 is 35.6 Å². The van der Waals surface area contributed by atoms with Gasteiger partial charge in [-0.15, -0.1) is 0 Å². The number of primary amides is 1. The van der Waals surface area contributed by atoms with Crippen LogP contribution in [0.5, 0.6) is 0 Å². The molecule has 6 nitrogen and oxygen atoms in total. The molecule has 2 aromatic carbocycles. The van der Waals surface area contributed by atoms with Crippen LogP contribution in [0.15, 0.2) is 59.6 Å². The van der Waals surface area contributed by atoms with E-state index in [-0.39, 0.29) is 28.4 Å². The third-order valence-corrected chi connectivity index (χ3v) is 7.65. The van der Waals surface area contributed by atoms with Crippen molar-refractivity contribution in [3.63, 3.8) is 0 Å². The quantitative estimate of drug-likeness (QED) is 0.594. The number of alkyl halides is 3. The van der Waals surface area contributed by atoms with Gasteiger partial charge in [-0.1, -0.05) is 18.2 Å². The van der Waals surface area contributed by atoms with Gasteiger partial charge in [-0.25, -0.2) is 12.8 Å². The summed E-state index contributed by atoms with van der Waals surface area (Å²) >= 11 is 0. The molecule has 0 radical (unpaired) electrons. The first-order chi connectivity index (χ1) is 16.3. The van der Waals surface area contributed by atoms with Crippen molar-refractivity contribution in [2.45, 2.75) is 41.8 Å². The summed E-state index contributed by atoms with van der Waals surface area (Å²) in [6.07, 6.45) is 0.158. The zero-order valence-electron chi connectivity index (χ0n) is 18.5. The first kappa shape index (κ1) is 24.9. The molecule has 35 heavy (non-hydrogen) atoms. The SMILES string of the molecule is CS(=O)(=O)c1cccc(C(=O)N2C=CCC2(C(N)=O)[C@@H](c2ccc(C(F)(F)F)cc2F)C2CC2)c1. The van der Waals surface area contributed by atoms with Crippen LogP contribution < -0.4 is 5.73 Å². The normalized spacial score (nSPS) is 21.2. The second-order valence-corrected chi connectivity index (χ2v) is 10.9. The average Bonchev–Trinajstić information content (AvgIpc) is 3.50. The summed E-state index contributed by atoms with van der Waals surface area (Å²) in [5.41, 5.74) is 2.70. The van der Waals surface area contributed by atoms with E-state index in [1.165, 1.54) is 36.5 Å². The van der Waals surface area contributed by atoms with Gasteiger partial charge in [0, 0.05) is 30.4 Å². The number of hydrogen-bond donors (Lipinski definition) is 1. The molecule has 1 aliphatic heterocycles. The van der Waals surface area contributed by atoms with Gasteiger partial charge < -0.3 is 5.73 Å². The number of amides is 2. The first-order valence-electron chi connectivity index (χ1n) is 10.7. The maximum absolute atomic E-state index is 15.1. The van der Waals surface area contributed by atoms with E-state index >= 15 is 4.39 Å². The Hall–Kier alpha value is -3.21. The summed E-state index contributed by atoms with van der Waals surface area (Å²) in [6.45, 7) is 0. The molecular weight excluding hydrogens is 488 g/mol. The molecule has 1 heterocycles. The smallest absolute Gasteiger partial charge is 0.368 e. The molecule has 1 fully saturated rings. The summed E-state index contributed by atoms with van der Waals surface area (Å²) in [4.78, 5) is 27.5. The lowest BCUT2D eigenvalue weighted by Gasteiger charge is -2.42. The molecule has 2 aromatic rings. The van der Waals surface area contributed by atoms with Gasteiger partial charge in [-0.3, -0.25) is 14.5 Å². The van der Waals surface area contributed by atoms with E-state index in [4.69, 9.17) is 5.73 Å². The highest BCUT2D eigenvalue weighted by Crippen LogP contribution is 2.54. The minimum absolute atomic E-state index is 0.0347. The van der Waals surface area contributed by atoms with E-state index in [9.17, 15) is 31.2 Å². The van der Waals surface area contributed by atoms with Crippen LogP contribution in [0, 0.1) is 11.7 Å². The Bertz CT molecular complexity index is 1340. The van der Waals surface area contributed by atoms with Crippen LogP contribution in [-0.4, -0.2) is 36.9 Å². The largest absolute Gasteiger partial charge is 0.416 e. The predicted octanol–water partition coefficient (Wildman–Crippen LogP) is 4.03. The fourth-order valence-corrected chi connectivity index (χ4v) is 5.42. The Morgan fingerprint density at radius 2 is 1.83 bits per heavy atom. The Balaban J connectivity index is 1.82. The van der Waals surface area contributed by atoms with Crippen LogP contribution in [0.4, 0.5) is 17.6 Å². The van der Waals surface area contributed by atoms with Crippen LogP contribution in [0.1, 0.15) is 46.7 Å². The lowest BCUT2D eigenvalue weighted by atomic mass is 9.73. The Labute approximate surface area is 199 Å². The van der Waals surface area contributed by atoms with Crippen molar-refractivity contribution in [3.05, 3.63) is 77.2 Å². The molecule has 1 aliphatic carbocycles. The van der Waals surface area contributed by atoms with Gasteiger partial charge in [0.2, 0.25) is 5.91 Å². The van der Waals surface area contributed by atoms with Crippen LogP contribution in [0.25, 0.3) is 0 Å². The van der Waals surface area contributed by atoms with E-state index in [2.05, 4.69) is 0 Å². The van der Waals surface area contributed by atoms with Gasteiger partial charge in [0.15, 0.2) is 9.84 Å². The minimum atomic E-state index is -4.75.